The Morgan fingerprint density at radius 2 is 1.62 bits per heavy atom. The first kappa shape index (κ1) is 9.33. The monoisotopic (exact) mass is 211 g/mol. The summed E-state index contributed by atoms with van der Waals surface area (Å²) < 4.78 is 49.1. The van der Waals surface area contributed by atoms with Crippen LogP contribution in [0.4, 0.5) is 8.78 Å². The van der Waals surface area contributed by atoms with Gasteiger partial charge in [-0.1, -0.05) is 0 Å². The SMILES string of the molecule is O=S1(=O)CC2CNCC(C1)C2(F)F. The molecule has 6 heteroatoms. The summed E-state index contributed by atoms with van der Waals surface area (Å²) in [5.41, 5.74) is 0. The minimum atomic E-state index is -3.23. The van der Waals surface area contributed by atoms with Crippen LogP contribution in [-0.2, 0) is 9.84 Å². The highest BCUT2D eigenvalue weighted by Gasteiger charge is 2.55. The maximum atomic E-state index is 13.4. The molecule has 0 amide bonds. The van der Waals surface area contributed by atoms with Gasteiger partial charge >= 0.3 is 0 Å². The van der Waals surface area contributed by atoms with Crippen molar-refractivity contribution in [3.63, 3.8) is 0 Å². The third kappa shape index (κ3) is 1.46. The Morgan fingerprint density at radius 1 is 1.15 bits per heavy atom. The summed E-state index contributed by atoms with van der Waals surface area (Å²) in [6.45, 7) is 0.228. The van der Waals surface area contributed by atoms with E-state index in [1.807, 2.05) is 0 Å². The number of fused-ring (bicyclic) bond motifs is 2. The second-order valence-corrected chi connectivity index (χ2v) is 5.96. The summed E-state index contributed by atoms with van der Waals surface area (Å²) in [7, 11) is -3.23. The lowest BCUT2D eigenvalue weighted by Crippen LogP contribution is -2.59. The fourth-order valence-electron chi connectivity index (χ4n) is 2.06. The van der Waals surface area contributed by atoms with Crippen molar-refractivity contribution in [3.8, 4) is 0 Å². The zero-order chi connectivity index (χ0) is 9.69. The molecule has 3 nitrogen and oxygen atoms in total. The summed E-state index contributed by atoms with van der Waals surface area (Å²) in [6.07, 6.45) is 0. The predicted molar refractivity (Wildman–Crippen MR) is 43.5 cm³/mol. The van der Waals surface area contributed by atoms with Gasteiger partial charge in [-0.15, -0.1) is 0 Å². The van der Waals surface area contributed by atoms with Gasteiger partial charge in [-0.25, -0.2) is 17.2 Å². The Kier molecular flexibility index (Phi) is 1.89. The average molecular weight is 211 g/mol. The van der Waals surface area contributed by atoms with Gasteiger partial charge in [0.2, 0.25) is 0 Å². The molecule has 2 aliphatic rings. The van der Waals surface area contributed by atoms with E-state index in [1.165, 1.54) is 0 Å². The smallest absolute Gasteiger partial charge is 0.258 e. The number of piperidine rings is 1. The number of alkyl halides is 2. The number of rotatable bonds is 0. The summed E-state index contributed by atoms with van der Waals surface area (Å²) >= 11 is 0. The van der Waals surface area contributed by atoms with Gasteiger partial charge in [0.25, 0.3) is 5.92 Å². The van der Waals surface area contributed by atoms with Crippen LogP contribution in [0.25, 0.3) is 0 Å². The molecule has 0 saturated carbocycles. The van der Waals surface area contributed by atoms with Crippen LogP contribution in [0.5, 0.6) is 0 Å². The Labute approximate surface area is 75.4 Å². The Bertz CT molecular complexity index is 292. The lowest BCUT2D eigenvalue weighted by atomic mass is 9.88. The van der Waals surface area contributed by atoms with Crippen LogP contribution in [0.2, 0.25) is 0 Å². The summed E-state index contributed by atoms with van der Waals surface area (Å²) in [5.74, 6) is -5.58. The van der Waals surface area contributed by atoms with Gasteiger partial charge in [-0.2, -0.15) is 0 Å². The summed E-state index contributed by atoms with van der Waals surface area (Å²) in [4.78, 5) is 0. The molecule has 2 fully saturated rings. The highest BCUT2D eigenvalue weighted by molar-refractivity contribution is 7.91. The Morgan fingerprint density at radius 3 is 2.08 bits per heavy atom. The zero-order valence-electron chi connectivity index (χ0n) is 6.96. The molecule has 0 aromatic rings. The zero-order valence-corrected chi connectivity index (χ0v) is 7.78. The molecule has 1 N–H and O–H groups in total. The van der Waals surface area contributed by atoms with Crippen molar-refractivity contribution in [3.05, 3.63) is 0 Å². The van der Waals surface area contributed by atoms with E-state index < -0.39 is 27.6 Å². The van der Waals surface area contributed by atoms with Crippen molar-refractivity contribution >= 4 is 9.84 Å². The van der Waals surface area contributed by atoms with Gasteiger partial charge in [-0.05, 0) is 0 Å². The largest absolute Gasteiger partial charge is 0.316 e. The van der Waals surface area contributed by atoms with E-state index in [2.05, 4.69) is 5.32 Å². The van der Waals surface area contributed by atoms with Crippen molar-refractivity contribution in [2.75, 3.05) is 24.6 Å². The first-order valence-electron chi connectivity index (χ1n) is 4.21. The first-order chi connectivity index (χ1) is 5.92. The standard InChI is InChI=1S/C7H11F2NO2S/c8-7(9)5-1-10-2-6(7)4-13(11,12)3-5/h5-6,10H,1-4H2. The van der Waals surface area contributed by atoms with Gasteiger partial charge in [0.05, 0.1) is 11.5 Å². The molecule has 0 aromatic heterocycles. The van der Waals surface area contributed by atoms with Gasteiger partial charge in [0.15, 0.2) is 9.84 Å². The maximum Gasteiger partial charge on any atom is 0.258 e. The number of sulfone groups is 1. The number of hydrogen-bond donors (Lipinski definition) is 1. The fraction of sp³-hybridized carbons (Fsp3) is 1.00. The number of halogens is 2. The third-order valence-electron chi connectivity index (χ3n) is 2.78. The average Bonchev–Trinajstić information content (AvgIpc) is 1.93. The van der Waals surface area contributed by atoms with Crippen molar-refractivity contribution in [2.24, 2.45) is 11.8 Å². The van der Waals surface area contributed by atoms with Crippen LogP contribution < -0.4 is 5.32 Å². The Hall–Kier alpha value is -0.230. The van der Waals surface area contributed by atoms with Crippen LogP contribution in [0.1, 0.15) is 0 Å². The third-order valence-corrected chi connectivity index (χ3v) is 4.60. The van der Waals surface area contributed by atoms with Crippen molar-refractivity contribution in [1.82, 2.24) is 5.32 Å². The van der Waals surface area contributed by atoms with Crippen LogP contribution in [0.3, 0.4) is 0 Å². The van der Waals surface area contributed by atoms with E-state index in [0.29, 0.717) is 0 Å². The maximum absolute atomic E-state index is 13.4. The molecule has 2 saturated heterocycles. The van der Waals surface area contributed by atoms with Gasteiger partial charge in [0.1, 0.15) is 0 Å². The molecular formula is C7H11F2NO2S. The summed E-state index contributed by atoms with van der Waals surface area (Å²) in [6, 6.07) is 0. The predicted octanol–water partition coefficient (Wildman–Crippen LogP) is -0.114. The van der Waals surface area contributed by atoms with E-state index in [-0.39, 0.29) is 24.6 Å². The van der Waals surface area contributed by atoms with Crippen LogP contribution >= 0.6 is 0 Å². The Balaban J connectivity index is 2.32. The molecule has 0 aliphatic carbocycles. The van der Waals surface area contributed by atoms with Gasteiger partial charge in [0, 0.05) is 24.9 Å². The van der Waals surface area contributed by atoms with Gasteiger partial charge < -0.3 is 5.32 Å². The van der Waals surface area contributed by atoms with Gasteiger partial charge in [-0.3, -0.25) is 0 Å². The molecule has 2 heterocycles. The molecule has 0 radical (unpaired) electrons. The van der Waals surface area contributed by atoms with Crippen molar-refractivity contribution in [2.45, 2.75) is 5.92 Å². The minimum absolute atomic E-state index is 0.114. The molecule has 2 rings (SSSR count). The second-order valence-electron chi connectivity index (χ2n) is 3.80. The van der Waals surface area contributed by atoms with E-state index in [1.54, 1.807) is 0 Å². The van der Waals surface area contributed by atoms with Crippen LogP contribution in [0.15, 0.2) is 0 Å². The lowest BCUT2D eigenvalue weighted by Gasteiger charge is -2.41. The van der Waals surface area contributed by atoms with E-state index in [0.717, 1.165) is 0 Å². The lowest BCUT2D eigenvalue weighted by molar-refractivity contribution is -0.113. The molecule has 0 spiro atoms. The minimum Gasteiger partial charge on any atom is -0.316 e. The van der Waals surface area contributed by atoms with E-state index in [4.69, 9.17) is 0 Å². The molecule has 76 valence electrons. The number of nitrogens with one attached hydrogen (secondary N) is 1. The highest BCUT2D eigenvalue weighted by atomic mass is 32.2. The normalized spacial score (nSPS) is 41.4. The van der Waals surface area contributed by atoms with Crippen LogP contribution in [-0.4, -0.2) is 38.9 Å². The van der Waals surface area contributed by atoms with E-state index in [9.17, 15) is 17.2 Å². The molecule has 2 bridgehead atoms. The molecule has 2 unspecified atom stereocenters. The molecular weight excluding hydrogens is 200 g/mol. The molecule has 2 aliphatic heterocycles. The second kappa shape index (κ2) is 2.63. The molecule has 2 atom stereocenters. The van der Waals surface area contributed by atoms with Crippen molar-refractivity contribution in [1.29, 1.82) is 0 Å². The van der Waals surface area contributed by atoms with E-state index >= 15 is 0 Å². The van der Waals surface area contributed by atoms with Crippen LogP contribution in [0, 0.1) is 11.8 Å². The fourth-order valence-corrected chi connectivity index (χ4v) is 4.10. The quantitative estimate of drug-likeness (QED) is 0.608. The van der Waals surface area contributed by atoms with Crippen molar-refractivity contribution < 1.29 is 17.2 Å². The first-order valence-corrected chi connectivity index (χ1v) is 6.03. The molecule has 13 heavy (non-hydrogen) atoms. The number of hydrogen-bond acceptors (Lipinski definition) is 3. The topological polar surface area (TPSA) is 46.2 Å². The molecule has 0 aromatic carbocycles. The summed E-state index contributed by atoms with van der Waals surface area (Å²) in [5, 5.41) is 2.84. The highest BCUT2D eigenvalue weighted by Crippen LogP contribution is 2.40.